The maximum Gasteiger partial charge on any atom is 0.0710 e. The minimum atomic E-state index is -0.537. The van der Waals surface area contributed by atoms with Crippen molar-refractivity contribution in [3.63, 3.8) is 0 Å². The van der Waals surface area contributed by atoms with Crippen LogP contribution in [0.2, 0.25) is 0 Å². The minimum absolute atomic E-state index is 0.537. The molecule has 0 atom stereocenters. The predicted octanol–water partition coefficient (Wildman–Crippen LogP) is 1.06. The molecule has 0 radical (unpaired) electrons. The van der Waals surface area contributed by atoms with Crippen molar-refractivity contribution < 1.29 is 0 Å². The molecule has 0 fully saturated rings. The van der Waals surface area contributed by atoms with Gasteiger partial charge in [-0.1, -0.05) is 22.5 Å². The van der Waals surface area contributed by atoms with Gasteiger partial charge in [-0.15, -0.1) is 0 Å². The Balaban J connectivity index is 2.32. The van der Waals surface area contributed by atoms with Crippen LogP contribution in [0.25, 0.3) is 0 Å². The van der Waals surface area contributed by atoms with Gasteiger partial charge in [-0.05, 0) is 0 Å². The van der Waals surface area contributed by atoms with E-state index in [1.807, 2.05) is 0 Å². The van der Waals surface area contributed by atoms with E-state index < -0.39 is 6.17 Å². The van der Waals surface area contributed by atoms with Crippen LogP contribution in [0.1, 0.15) is 0 Å². The molecule has 0 aliphatic heterocycles. The zero-order chi connectivity index (χ0) is 3.58. The zero-order valence-electron chi connectivity index (χ0n) is 2.20. The van der Waals surface area contributed by atoms with Gasteiger partial charge in [0.15, 0.2) is 0 Å². The molecule has 4 heteroatoms. The Morgan fingerprint density at radius 1 is 1.50 bits per heavy atom. The average molecular weight is 133 g/mol. The van der Waals surface area contributed by atoms with Crippen molar-refractivity contribution in [2.24, 2.45) is 0 Å². The molecule has 0 rings (SSSR count). The normalized spacial score (nSPS) is 9.75. The van der Waals surface area contributed by atoms with Crippen LogP contribution in [0, 0.1) is 0 Å². The highest BCUT2D eigenvalue weighted by atomic mass is 35.9. The second-order valence-electron chi connectivity index (χ2n) is 0.402. The first kappa shape index (κ1) is 5.23. The highest BCUT2D eigenvalue weighted by molar-refractivity contribution is 8.19. The van der Waals surface area contributed by atoms with Crippen LogP contribution in [-0.4, -0.2) is 9.91 Å². The molecule has 0 heterocycles. The molecule has 0 unspecified atom stereocenters. The maximum absolute atomic E-state index is 5.17. The van der Waals surface area contributed by atoms with Gasteiger partial charge >= 0.3 is 0 Å². The average Bonchev–Trinajstić information content (AvgIpc) is 0.811. The standard InChI is InChI=1S/Cl2H3PSi/c1-3(2)4/h4H3. The molecule has 0 N–H and O–H groups in total. The highest BCUT2D eigenvalue weighted by Crippen LogP contribution is 2.40. The fourth-order valence-electron chi connectivity index (χ4n) is 0. The molecular formula is H3Cl2PSi. The third kappa shape index (κ3) is 10.6. The first-order chi connectivity index (χ1) is 1.73. The first-order valence-electron chi connectivity index (χ1n) is 0.785. The SMILES string of the molecule is [SiH3]P(Cl)Cl. The van der Waals surface area contributed by atoms with Crippen LogP contribution in [0.5, 0.6) is 0 Å². The molecule has 0 amide bonds. The summed E-state index contributed by atoms with van der Waals surface area (Å²) >= 11 is 10.3. The van der Waals surface area contributed by atoms with E-state index in [1.165, 1.54) is 0 Å². The third-order valence-electron chi connectivity index (χ3n) is 0. The smallest absolute Gasteiger partial charge is 0.0710 e. The van der Waals surface area contributed by atoms with Crippen LogP contribution in [-0.2, 0) is 0 Å². The predicted molar refractivity (Wildman–Crippen MR) is 28.6 cm³/mol. The largest absolute Gasteiger partial charge is 0.0846 e. The molecule has 0 aliphatic carbocycles. The molecular weight excluding hydrogens is 130 g/mol. The summed E-state index contributed by atoms with van der Waals surface area (Å²) in [5.41, 5.74) is 0. The molecule has 4 heavy (non-hydrogen) atoms. The Morgan fingerprint density at radius 3 is 1.50 bits per heavy atom. The molecule has 0 aromatic carbocycles. The van der Waals surface area contributed by atoms with Crippen molar-refractivity contribution in [2.45, 2.75) is 0 Å². The van der Waals surface area contributed by atoms with Crippen molar-refractivity contribution >= 4 is 38.6 Å². The monoisotopic (exact) mass is 132 g/mol. The van der Waals surface area contributed by atoms with Gasteiger partial charge in [-0.25, -0.2) is 0 Å². The molecule has 26 valence electrons. The second-order valence-corrected chi connectivity index (χ2v) is 10.9. The van der Waals surface area contributed by atoms with Crippen LogP contribution < -0.4 is 0 Å². The van der Waals surface area contributed by atoms with Gasteiger partial charge in [0.05, 0.1) is 16.1 Å². The van der Waals surface area contributed by atoms with Gasteiger partial charge in [-0.2, -0.15) is 0 Å². The Hall–Kier alpha value is 1.23. The van der Waals surface area contributed by atoms with Crippen molar-refractivity contribution in [1.29, 1.82) is 0 Å². The maximum atomic E-state index is 5.17. The molecule has 0 aromatic rings. The summed E-state index contributed by atoms with van der Waals surface area (Å²) in [4.78, 5) is 0. The number of hydrogen-bond acceptors (Lipinski definition) is 0. The lowest BCUT2D eigenvalue weighted by molar-refractivity contribution is 4.55. The summed E-state index contributed by atoms with van der Waals surface area (Å²) in [5.74, 6) is 0. The van der Waals surface area contributed by atoms with E-state index in [4.69, 9.17) is 22.5 Å². The lowest BCUT2D eigenvalue weighted by atomic mass is 27.7. The van der Waals surface area contributed by atoms with E-state index in [1.54, 1.807) is 0 Å². The van der Waals surface area contributed by atoms with Crippen molar-refractivity contribution in [3.8, 4) is 0 Å². The molecule has 0 spiro atoms. The van der Waals surface area contributed by atoms with Crippen LogP contribution in [0.4, 0.5) is 0 Å². The molecule has 0 saturated heterocycles. The first-order valence-corrected chi connectivity index (χ1v) is 7.07. The Morgan fingerprint density at radius 2 is 1.50 bits per heavy atom. The number of hydrogen-bond donors (Lipinski definition) is 0. The summed E-state index contributed by atoms with van der Waals surface area (Å²) in [6.45, 7) is 0. The Bertz CT molecular complexity index is 10.8. The highest BCUT2D eigenvalue weighted by Gasteiger charge is 1.75. The van der Waals surface area contributed by atoms with E-state index >= 15 is 0 Å². The Kier molecular flexibility index (Phi) is 3.22. The lowest BCUT2D eigenvalue weighted by Gasteiger charge is -1.72. The fourth-order valence-corrected chi connectivity index (χ4v) is 0. The van der Waals surface area contributed by atoms with Gasteiger partial charge in [0.2, 0.25) is 0 Å². The second kappa shape index (κ2) is 2.46. The van der Waals surface area contributed by atoms with Crippen LogP contribution >= 0.6 is 28.7 Å². The van der Waals surface area contributed by atoms with Crippen LogP contribution in [0.3, 0.4) is 0 Å². The van der Waals surface area contributed by atoms with Gasteiger partial charge in [0.25, 0.3) is 0 Å². The number of rotatable bonds is 0. The van der Waals surface area contributed by atoms with E-state index in [0.717, 1.165) is 9.91 Å². The van der Waals surface area contributed by atoms with E-state index in [2.05, 4.69) is 0 Å². The van der Waals surface area contributed by atoms with Gasteiger partial charge in [-0.3, -0.25) is 0 Å². The molecule has 0 aliphatic rings. The lowest BCUT2D eigenvalue weighted by Crippen LogP contribution is -1.27. The summed E-state index contributed by atoms with van der Waals surface area (Å²) in [7, 11) is 0.944. The Labute approximate surface area is 39.1 Å². The quantitative estimate of drug-likeness (QED) is 0.342. The van der Waals surface area contributed by atoms with E-state index in [-0.39, 0.29) is 0 Å². The number of halogens is 2. The van der Waals surface area contributed by atoms with Gasteiger partial charge < -0.3 is 0 Å². The summed E-state index contributed by atoms with van der Waals surface area (Å²) in [6.07, 6.45) is -0.537. The van der Waals surface area contributed by atoms with Gasteiger partial charge in [0, 0.05) is 0 Å². The molecule has 0 saturated carbocycles. The fraction of sp³-hybridized carbons (Fsp3) is 0. The van der Waals surface area contributed by atoms with E-state index in [0.29, 0.717) is 0 Å². The minimum Gasteiger partial charge on any atom is -0.0846 e. The summed E-state index contributed by atoms with van der Waals surface area (Å²) < 4.78 is 0. The summed E-state index contributed by atoms with van der Waals surface area (Å²) in [6, 6.07) is 0. The zero-order valence-corrected chi connectivity index (χ0v) is 6.61. The third-order valence-corrected chi connectivity index (χ3v) is 0. The summed E-state index contributed by atoms with van der Waals surface area (Å²) in [5, 5.41) is 0. The van der Waals surface area contributed by atoms with Crippen LogP contribution in [0.15, 0.2) is 0 Å². The van der Waals surface area contributed by atoms with Crippen molar-refractivity contribution in [2.75, 3.05) is 0 Å². The van der Waals surface area contributed by atoms with E-state index in [9.17, 15) is 0 Å². The molecule has 0 bridgehead atoms. The molecule has 0 aromatic heterocycles. The van der Waals surface area contributed by atoms with Gasteiger partial charge in [0.1, 0.15) is 0 Å². The topological polar surface area (TPSA) is 0 Å². The van der Waals surface area contributed by atoms with Crippen molar-refractivity contribution in [3.05, 3.63) is 0 Å². The molecule has 0 nitrogen and oxygen atoms in total. The van der Waals surface area contributed by atoms with Crippen molar-refractivity contribution in [1.82, 2.24) is 0 Å².